The summed E-state index contributed by atoms with van der Waals surface area (Å²) in [6, 6.07) is 3.59. The standard InChI is InChI=1S/C33H43N3O7/c1-21-12-13-26(37)29-27(41-33(7,8)42-29)11-9-10-24-19-25(18-22(2)28(24)30(38)40-23(21)3)36(31(39)43-32(4,5)6)17-16-35-15-14-34-20-35/h9-10,12-15,18-21,23,27,29H,11,16-17H2,1-8H3/b10-9+,13-12-/t21-,23+,27+,29-/m1/s1. The number of ketones is 1. The molecule has 0 N–H and O–H groups in total. The predicted molar refractivity (Wildman–Crippen MR) is 163 cm³/mol. The quantitative estimate of drug-likeness (QED) is 0.405. The van der Waals surface area contributed by atoms with E-state index in [1.165, 1.54) is 6.08 Å². The third-order valence-electron chi connectivity index (χ3n) is 7.35. The van der Waals surface area contributed by atoms with Crippen molar-refractivity contribution in [2.24, 2.45) is 5.92 Å². The molecule has 232 valence electrons. The zero-order valence-electron chi connectivity index (χ0n) is 26.3. The molecular weight excluding hydrogens is 550 g/mol. The Kier molecular flexibility index (Phi) is 9.61. The number of cyclic esters (lactones) is 1. The van der Waals surface area contributed by atoms with E-state index in [1.807, 2.05) is 57.5 Å². The second-order valence-electron chi connectivity index (χ2n) is 12.6. The van der Waals surface area contributed by atoms with Crippen LogP contribution in [0.15, 0.2) is 49.1 Å². The Morgan fingerprint density at radius 3 is 2.58 bits per heavy atom. The number of nitrogens with zero attached hydrogens (tertiary/aromatic N) is 3. The van der Waals surface area contributed by atoms with Gasteiger partial charge in [-0.05, 0) is 84.2 Å². The number of hydrogen-bond acceptors (Lipinski definition) is 8. The van der Waals surface area contributed by atoms with Crippen molar-refractivity contribution in [3.8, 4) is 0 Å². The number of aromatic nitrogens is 2. The molecule has 2 aliphatic rings. The first kappa shape index (κ1) is 32.2. The number of rotatable bonds is 4. The first-order valence-electron chi connectivity index (χ1n) is 14.7. The number of ether oxygens (including phenoxy) is 4. The smallest absolute Gasteiger partial charge is 0.414 e. The van der Waals surface area contributed by atoms with Gasteiger partial charge in [-0.25, -0.2) is 14.6 Å². The molecule has 1 amide bonds. The Morgan fingerprint density at radius 1 is 1.16 bits per heavy atom. The second-order valence-corrected chi connectivity index (χ2v) is 12.6. The summed E-state index contributed by atoms with van der Waals surface area (Å²) in [5.74, 6) is -1.82. The molecule has 0 radical (unpaired) electrons. The Bertz CT molecular complexity index is 1390. The first-order chi connectivity index (χ1) is 20.1. The van der Waals surface area contributed by atoms with Crippen LogP contribution in [0.5, 0.6) is 0 Å². The summed E-state index contributed by atoms with van der Waals surface area (Å²) in [5.41, 5.74) is 1.49. The Morgan fingerprint density at radius 2 is 1.91 bits per heavy atom. The molecule has 4 rings (SSSR count). The maximum atomic E-state index is 13.6. The normalized spacial score (nSPS) is 25.6. The van der Waals surface area contributed by atoms with Gasteiger partial charge in [0, 0.05) is 37.1 Å². The molecule has 4 atom stereocenters. The maximum absolute atomic E-state index is 13.6. The molecule has 1 fully saturated rings. The van der Waals surface area contributed by atoms with Gasteiger partial charge in [-0.2, -0.15) is 0 Å². The van der Waals surface area contributed by atoms with Gasteiger partial charge < -0.3 is 23.5 Å². The molecule has 10 heteroatoms. The average Bonchev–Trinajstić information content (AvgIpc) is 3.52. The van der Waals surface area contributed by atoms with Crippen molar-refractivity contribution in [2.45, 2.75) is 98.1 Å². The molecule has 43 heavy (non-hydrogen) atoms. The van der Waals surface area contributed by atoms with Gasteiger partial charge in [0.25, 0.3) is 0 Å². The third-order valence-corrected chi connectivity index (χ3v) is 7.35. The Hall–Kier alpha value is -3.76. The highest BCUT2D eigenvalue weighted by Crippen LogP contribution is 2.33. The third kappa shape index (κ3) is 8.20. The minimum Gasteiger partial charge on any atom is -0.458 e. The number of fused-ring (bicyclic) bond motifs is 2. The van der Waals surface area contributed by atoms with E-state index < -0.39 is 41.8 Å². The summed E-state index contributed by atoms with van der Waals surface area (Å²) in [4.78, 5) is 45.7. The molecule has 3 heterocycles. The number of carbonyl (C=O) groups is 3. The van der Waals surface area contributed by atoms with Crippen LogP contribution in [0.25, 0.3) is 6.08 Å². The van der Waals surface area contributed by atoms with Gasteiger partial charge in [-0.3, -0.25) is 9.69 Å². The summed E-state index contributed by atoms with van der Waals surface area (Å²) >= 11 is 0. The minimum atomic E-state index is -0.913. The lowest BCUT2D eigenvalue weighted by molar-refractivity contribution is -0.152. The fraction of sp³-hybridized carbons (Fsp3) is 0.515. The van der Waals surface area contributed by atoms with Crippen LogP contribution in [-0.2, 0) is 30.3 Å². The number of anilines is 1. The first-order valence-corrected chi connectivity index (χ1v) is 14.7. The van der Waals surface area contributed by atoms with Crippen molar-refractivity contribution in [1.82, 2.24) is 9.55 Å². The lowest BCUT2D eigenvalue weighted by atomic mass is 9.97. The molecule has 1 saturated heterocycles. The van der Waals surface area contributed by atoms with Gasteiger partial charge in [-0.1, -0.05) is 25.2 Å². The van der Waals surface area contributed by atoms with Gasteiger partial charge in [0.05, 0.1) is 18.0 Å². The summed E-state index contributed by atoms with van der Waals surface area (Å²) in [6.07, 6.45) is 10.2. The van der Waals surface area contributed by atoms with Crippen LogP contribution < -0.4 is 4.90 Å². The molecular formula is C33H43N3O7. The molecule has 0 unspecified atom stereocenters. The number of hydrogen-bond donors (Lipinski definition) is 0. The summed E-state index contributed by atoms with van der Waals surface area (Å²) in [6.45, 7) is 15.3. The van der Waals surface area contributed by atoms with E-state index in [9.17, 15) is 14.4 Å². The van der Waals surface area contributed by atoms with Crippen LogP contribution in [0, 0.1) is 12.8 Å². The van der Waals surface area contributed by atoms with Crippen molar-refractivity contribution in [3.63, 3.8) is 0 Å². The molecule has 0 aliphatic carbocycles. The van der Waals surface area contributed by atoms with Crippen molar-refractivity contribution in [2.75, 3.05) is 11.4 Å². The molecule has 0 spiro atoms. The van der Waals surface area contributed by atoms with E-state index in [2.05, 4.69) is 4.98 Å². The topological polar surface area (TPSA) is 109 Å². The van der Waals surface area contributed by atoms with E-state index in [-0.39, 0.29) is 11.7 Å². The molecule has 1 aromatic carbocycles. The van der Waals surface area contributed by atoms with Crippen LogP contribution in [0.2, 0.25) is 0 Å². The number of amides is 1. The number of carbonyl (C=O) groups excluding carboxylic acids is 3. The van der Waals surface area contributed by atoms with Gasteiger partial charge in [-0.15, -0.1) is 0 Å². The van der Waals surface area contributed by atoms with E-state index in [0.717, 1.165) is 0 Å². The van der Waals surface area contributed by atoms with Crippen molar-refractivity contribution >= 4 is 29.6 Å². The fourth-order valence-corrected chi connectivity index (χ4v) is 5.05. The zero-order chi connectivity index (χ0) is 31.5. The zero-order valence-corrected chi connectivity index (χ0v) is 26.3. The molecule has 0 bridgehead atoms. The van der Waals surface area contributed by atoms with Crippen LogP contribution >= 0.6 is 0 Å². The molecule has 2 aliphatic heterocycles. The van der Waals surface area contributed by atoms with Crippen molar-refractivity contribution in [1.29, 1.82) is 0 Å². The molecule has 1 aromatic heterocycles. The highest BCUT2D eigenvalue weighted by molar-refractivity contribution is 5.98. The maximum Gasteiger partial charge on any atom is 0.414 e. The summed E-state index contributed by atoms with van der Waals surface area (Å²) < 4.78 is 25.5. The monoisotopic (exact) mass is 593 g/mol. The number of imidazole rings is 1. The summed E-state index contributed by atoms with van der Waals surface area (Å²) in [7, 11) is 0. The largest absolute Gasteiger partial charge is 0.458 e. The van der Waals surface area contributed by atoms with Crippen LogP contribution in [0.4, 0.5) is 10.5 Å². The van der Waals surface area contributed by atoms with Crippen LogP contribution in [0.3, 0.4) is 0 Å². The van der Waals surface area contributed by atoms with Crippen LogP contribution in [-0.4, -0.2) is 63.6 Å². The van der Waals surface area contributed by atoms with Crippen molar-refractivity contribution in [3.05, 3.63) is 65.8 Å². The van der Waals surface area contributed by atoms with Gasteiger partial charge >= 0.3 is 12.1 Å². The number of esters is 1. The molecule has 2 aromatic rings. The number of aryl methyl sites for hydroxylation is 1. The van der Waals surface area contributed by atoms with Crippen LogP contribution in [0.1, 0.15) is 76.4 Å². The van der Waals surface area contributed by atoms with Gasteiger partial charge in [0.2, 0.25) is 0 Å². The fourth-order valence-electron chi connectivity index (χ4n) is 5.05. The molecule has 10 nitrogen and oxygen atoms in total. The van der Waals surface area contributed by atoms with E-state index in [1.54, 1.807) is 56.4 Å². The van der Waals surface area contributed by atoms with Gasteiger partial charge in [0.15, 0.2) is 11.6 Å². The summed E-state index contributed by atoms with van der Waals surface area (Å²) in [5, 5.41) is 0. The second kappa shape index (κ2) is 12.9. The Labute approximate surface area is 253 Å². The highest BCUT2D eigenvalue weighted by atomic mass is 16.8. The minimum absolute atomic E-state index is 0.198. The van der Waals surface area contributed by atoms with E-state index in [4.69, 9.17) is 18.9 Å². The Balaban J connectivity index is 1.76. The number of benzene rings is 1. The molecule has 0 saturated carbocycles. The van der Waals surface area contributed by atoms with Gasteiger partial charge in [0.1, 0.15) is 17.8 Å². The highest BCUT2D eigenvalue weighted by Gasteiger charge is 2.43. The average molecular weight is 594 g/mol. The SMILES string of the molecule is Cc1cc(N(CCn2ccnc2)C(=O)OC(C)(C)C)cc2c1C(=O)O[C@@H](C)[C@H](C)/C=C\C(=O)[C@H]1OC(C)(C)O[C@H]1C/C=C/2. The van der Waals surface area contributed by atoms with E-state index in [0.29, 0.717) is 41.9 Å². The van der Waals surface area contributed by atoms with E-state index >= 15 is 0 Å². The van der Waals surface area contributed by atoms with Crippen molar-refractivity contribution < 1.29 is 33.3 Å². The lowest BCUT2D eigenvalue weighted by Gasteiger charge is -2.28. The lowest BCUT2D eigenvalue weighted by Crippen LogP contribution is -2.39. The predicted octanol–water partition coefficient (Wildman–Crippen LogP) is 5.88.